The molecule has 0 amide bonds. The average Bonchev–Trinajstić information content (AvgIpc) is 2.87. The van der Waals surface area contributed by atoms with E-state index in [4.69, 9.17) is 14.2 Å². The Bertz CT molecular complexity index is 284. The van der Waals surface area contributed by atoms with Crippen LogP contribution in [0.2, 0.25) is 0 Å². The van der Waals surface area contributed by atoms with E-state index in [0.29, 0.717) is 37.9 Å². The Hall–Kier alpha value is -0.940. The molecule has 0 N–H and O–H groups in total. The first kappa shape index (κ1) is 12.5. The van der Waals surface area contributed by atoms with E-state index in [1.54, 1.807) is 0 Å². The van der Waals surface area contributed by atoms with E-state index in [1.807, 2.05) is 13.8 Å². The third-order valence-corrected chi connectivity index (χ3v) is 3.12. The van der Waals surface area contributed by atoms with Crippen molar-refractivity contribution < 1.29 is 23.8 Å². The molecular weight excluding hydrogens is 224 g/mol. The Balaban J connectivity index is 1.80. The second-order valence-electron chi connectivity index (χ2n) is 5.07. The summed E-state index contributed by atoms with van der Waals surface area (Å²) in [5.74, 6) is -0.485. The molecule has 0 radical (unpaired) electrons. The zero-order valence-electron chi connectivity index (χ0n) is 10.2. The number of hydrogen-bond donors (Lipinski definition) is 0. The van der Waals surface area contributed by atoms with Gasteiger partial charge in [0.2, 0.25) is 0 Å². The fourth-order valence-electron chi connectivity index (χ4n) is 2.12. The van der Waals surface area contributed by atoms with Gasteiger partial charge in [0.15, 0.2) is 12.2 Å². The Labute approximate surface area is 100 Å². The van der Waals surface area contributed by atoms with E-state index in [2.05, 4.69) is 0 Å². The molecular formula is C12H18O5. The van der Waals surface area contributed by atoms with Gasteiger partial charge >= 0.3 is 11.9 Å². The van der Waals surface area contributed by atoms with E-state index in [-0.39, 0.29) is 0 Å². The molecule has 96 valence electrons. The molecule has 0 aliphatic carbocycles. The highest BCUT2D eigenvalue weighted by atomic mass is 16.6. The maximum Gasteiger partial charge on any atom is 0.342 e. The van der Waals surface area contributed by atoms with Gasteiger partial charge in [-0.05, 0) is 24.7 Å². The predicted octanol–water partition coefficient (Wildman–Crippen LogP) is 0.906. The quantitative estimate of drug-likeness (QED) is 0.532. The van der Waals surface area contributed by atoms with Crippen molar-refractivity contribution in [1.82, 2.24) is 0 Å². The zero-order chi connectivity index (χ0) is 12.4. The summed E-state index contributed by atoms with van der Waals surface area (Å²) in [7, 11) is 0. The molecule has 5 heteroatoms. The number of esters is 2. The van der Waals surface area contributed by atoms with Gasteiger partial charge in [-0.25, -0.2) is 9.59 Å². The molecule has 0 aromatic heterocycles. The maximum absolute atomic E-state index is 11.6. The van der Waals surface area contributed by atoms with Crippen molar-refractivity contribution in [3.63, 3.8) is 0 Å². The van der Waals surface area contributed by atoms with E-state index in [0.717, 1.165) is 0 Å². The number of ether oxygens (including phenoxy) is 3. The molecule has 2 saturated heterocycles. The van der Waals surface area contributed by atoms with E-state index < -0.39 is 24.1 Å². The first-order valence-electron chi connectivity index (χ1n) is 6.05. The van der Waals surface area contributed by atoms with Gasteiger partial charge in [0.1, 0.15) is 0 Å². The zero-order valence-corrected chi connectivity index (χ0v) is 10.2. The number of hydrogen-bond acceptors (Lipinski definition) is 5. The van der Waals surface area contributed by atoms with Crippen molar-refractivity contribution >= 4 is 11.9 Å². The summed E-state index contributed by atoms with van der Waals surface area (Å²) in [6.07, 6.45) is 0.0581. The van der Waals surface area contributed by atoms with Gasteiger partial charge in [-0.1, -0.05) is 13.8 Å². The summed E-state index contributed by atoms with van der Waals surface area (Å²) in [5.41, 5.74) is 0. The highest BCUT2D eigenvalue weighted by molar-refractivity contribution is 5.90. The summed E-state index contributed by atoms with van der Waals surface area (Å²) in [4.78, 5) is 23.2. The first-order chi connectivity index (χ1) is 8.06. The summed E-state index contributed by atoms with van der Waals surface area (Å²) in [6.45, 7) is 5.09. The Morgan fingerprint density at radius 3 is 1.65 bits per heavy atom. The van der Waals surface area contributed by atoms with Crippen molar-refractivity contribution in [3.05, 3.63) is 0 Å². The van der Waals surface area contributed by atoms with Crippen LogP contribution >= 0.6 is 0 Å². The lowest BCUT2D eigenvalue weighted by Crippen LogP contribution is -2.31. The smallest absolute Gasteiger partial charge is 0.342 e. The summed E-state index contributed by atoms with van der Waals surface area (Å²) < 4.78 is 15.3. The number of rotatable bonds is 2. The van der Waals surface area contributed by atoms with Crippen molar-refractivity contribution in [2.45, 2.75) is 38.9 Å². The SMILES string of the molecule is CC1COC(C(=O)OC(=O)C2CC(C)CO2)C1. The van der Waals surface area contributed by atoms with E-state index >= 15 is 0 Å². The van der Waals surface area contributed by atoms with Crippen molar-refractivity contribution in [1.29, 1.82) is 0 Å². The second kappa shape index (κ2) is 5.14. The van der Waals surface area contributed by atoms with Gasteiger partial charge in [-0.3, -0.25) is 0 Å². The topological polar surface area (TPSA) is 61.8 Å². The van der Waals surface area contributed by atoms with Crippen LogP contribution in [0.5, 0.6) is 0 Å². The van der Waals surface area contributed by atoms with Crippen molar-refractivity contribution in [2.24, 2.45) is 11.8 Å². The Morgan fingerprint density at radius 2 is 1.35 bits per heavy atom. The summed E-state index contributed by atoms with van der Waals surface area (Å²) in [6, 6.07) is 0. The van der Waals surface area contributed by atoms with Gasteiger partial charge in [-0.2, -0.15) is 0 Å². The molecule has 0 spiro atoms. The third kappa shape index (κ3) is 3.04. The van der Waals surface area contributed by atoms with Gasteiger partial charge in [0, 0.05) is 0 Å². The minimum Gasteiger partial charge on any atom is -0.389 e. The summed E-state index contributed by atoms with van der Waals surface area (Å²) in [5, 5.41) is 0. The standard InChI is InChI=1S/C12H18O5/c1-7-3-9(15-5-7)11(13)17-12(14)10-4-8(2)6-16-10/h7-10H,3-6H2,1-2H3. The van der Waals surface area contributed by atoms with Crippen LogP contribution in [0.15, 0.2) is 0 Å². The van der Waals surface area contributed by atoms with Crippen LogP contribution < -0.4 is 0 Å². The molecule has 0 saturated carbocycles. The molecule has 4 unspecified atom stereocenters. The Kier molecular flexibility index (Phi) is 3.79. The molecule has 17 heavy (non-hydrogen) atoms. The van der Waals surface area contributed by atoms with Crippen LogP contribution in [-0.4, -0.2) is 37.4 Å². The van der Waals surface area contributed by atoms with Gasteiger partial charge in [0.25, 0.3) is 0 Å². The summed E-state index contributed by atoms with van der Waals surface area (Å²) >= 11 is 0. The number of carbonyl (C=O) groups excluding carboxylic acids is 2. The van der Waals surface area contributed by atoms with Crippen LogP contribution in [0.4, 0.5) is 0 Å². The fraction of sp³-hybridized carbons (Fsp3) is 0.833. The Morgan fingerprint density at radius 1 is 0.941 bits per heavy atom. The molecule has 5 nitrogen and oxygen atoms in total. The highest BCUT2D eigenvalue weighted by Crippen LogP contribution is 2.22. The van der Waals surface area contributed by atoms with Crippen molar-refractivity contribution in [2.75, 3.05) is 13.2 Å². The lowest BCUT2D eigenvalue weighted by molar-refractivity contribution is -0.172. The first-order valence-corrected chi connectivity index (χ1v) is 6.05. The maximum atomic E-state index is 11.6. The highest BCUT2D eigenvalue weighted by Gasteiger charge is 2.35. The lowest BCUT2D eigenvalue weighted by Gasteiger charge is -2.11. The van der Waals surface area contributed by atoms with Gasteiger partial charge in [-0.15, -0.1) is 0 Å². The molecule has 0 aromatic rings. The molecule has 4 atom stereocenters. The van der Waals surface area contributed by atoms with Crippen LogP contribution in [0, 0.1) is 11.8 Å². The second-order valence-corrected chi connectivity index (χ2v) is 5.07. The molecule has 2 heterocycles. The van der Waals surface area contributed by atoms with Crippen LogP contribution in [0.25, 0.3) is 0 Å². The van der Waals surface area contributed by atoms with Crippen LogP contribution in [-0.2, 0) is 23.8 Å². The normalized spacial score (nSPS) is 37.1. The fourth-order valence-corrected chi connectivity index (χ4v) is 2.12. The van der Waals surface area contributed by atoms with Crippen LogP contribution in [0.3, 0.4) is 0 Å². The third-order valence-electron chi connectivity index (χ3n) is 3.12. The molecule has 0 aromatic carbocycles. The predicted molar refractivity (Wildman–Crippen MR) is 58.1 cm³/mol. The average molecular weight is 242 g/mol. The largest absolute Gasteiger partial charge is 0.389 e. The molecule has 0 bridgehead atoms. The molecule has 2 rings (SSSR count). The molecule has 2 aliphatic rings. The van der Waals surface area contributed by atoms with Crippen LogP contribution in [0.1, 0.15) is 26.7 Å². The minimum atomic E-state index is -0.590. The van der Waals surface area contributed by atoms with E-state index in [9.17, 15) is 9.59 Å². The van der Waals surface area contributed by atoms with Crippen molar-refractivity contribution in [3.8, 4) is 0 Å². The molecule has 2 fully saturated rings. The van der Waals surface area contributed by atoms with Gasteiger partial charge in [0.05, 0.1) is 13.2 Å². The van der Waals surface area contributed by atoms with Gasteiger partial charge < -0.3 is 14.2 Å². The molecule has 2 aliphatic heterocycles. The monoisotopic (exact) mass is 242 g/mol. The minimum absolute atomic E-state index is 0.338. The lowest BCUT2D eigenvalue weighted by atomic mass is 10.1. The van der Waals surface area contributed by atoms with E-state index in [1.165, 1.54) is 0 Å². The number of carbonyl (C=O) groups is 2.